The van der Waals surface area contributed by atoms with Gasteiger partial charge in [0.25, 0.3) is 11.8 Å². The van der Waals surface area contributed by atoms with Crippen LogP contribution in [0.25, 0.3) is 0 Å². The lowest BCUT2D eigenvalue weighted by Crippen LogP contribution is -2.60. The Morgan fingerprint density at radius 1 is 0.932 bits per heavy atom. The van der Waals surface area contributed by atoms with Gasteiger partial charge in [0.2, 0.25) is 17.6 Å². The molecule has 1 N–H and O–H groups in total. The van der Waals surface area contributed by atoms with Crippen LogP contribution in [0.5, 0.6) is 5.75 Å². The van der Waals surface area contributed by atoms with Crippen LogP contribution in [-0.2, 0) is 19.2 Å². The highest BCUT2D eigenvalue weighted by atomic mass is 79.9. The highest BCUT2D eigenvalue weighted by Gasteiger charge is 2.77. The van der Waals surface area contributed by atoms with Crippen molar-refractivity contribution in [3.8, 4) is 5.75 Å². The van der Waals surface area contributed by atoms with E-state index < -0.39 is 104 Å². The molecule has 2 saturated heterocycles. The SMILES string of the molecule is CCCN1C(=O)C2CC=C3C(CC4(Cl)C(=O)N(c5c(F)c(F)c(F)c(F)c5F)C(=O)C4(Cl)C3c3cc(Br)ccc3O)C2C1=O. The molecule has 6 rings (SSSR count). The number of amides is 4. The van der Waals surface area contributed by atoms with Gasteiger partial charge in [-0.25, -0.2) is 26.9 Å². The number of aromatic hydroxyl groups is 1. The molecular weight excluding hydrogens is 702 g/mol. The van der Waals surface area contributed by atoms with Crippen molar-refractivity contribution in [1.29, 1.82) is 0 Å². The molecule has 1 saturated carbocycles. The molecule has 7 nitrogen and oxygen atoms in total. The van der Waals surface area contributed by atoms with E-state index in [4.69, 9.17) is 23.2 Å². The molecule has 0 aromatic heterocycles. The second-order valence-electron chi connectivity index (χ2n) is 11.2. The Kier molecular flexibility index (Phi) is 7.21. The second kappa shape index (κ2) is 10.2. The van der Waals surface area contributed by atoms with Crippen molar-refractivity contribution < 1.29 is 46.2 Å². The van der Waals surface area contributed by atoms with Gasteiger partial charge in [-0.05, 0) is 43.4 Å². The third kappa shape index (κ3) is 3.78. The molecule has 0 spiro atoms. The van der Waals surface area contributed by atoms with Crippen molar-refractivity contribution >= 4 is 68.4 Å². The monoisotopic (exact) mass is 720 g/mol. The standard InChI is InChI=1S/C29H20BrCl2F5N2O5/c1-2-7-38-24(41)12-5-4-11-14(16(12)25(38)42)9-28(31)26(43)39(23-21(36)19(34)18(33)20(35)22(23)37)27(44)29(28,32)17(11)13-8-10(30)3-6-15(13)40/h3-4,6,8,12,14,16-17,40H,2,5,7,9H2,1H3. The number of phenols is 1. The largest absolute Gasteiger partial charge is 0.508 e. The van der Waals surface area contributed by atoms with E-state index in [1.165, 1.54) is 18.2 Å². The first-order valence-corrected chi connectivity index (χ1v) is 15.0. The number of alkyl halides is 2. The van der Waals surface area contributed by atoms with Crippen LogP contribution in [0, 0.1) is 46.8 Å². The maximum atomic E-state index is 15.0. The summed E-state index contributed by atoms with van der Waals surface area (Å²) in [5, 5.41) is 11.0. The summed E-state index contributed by atoms with van der Waals surface area (Å²) in [6.07, 6.45) is 1.45. The third-order valence-electron chi connectivity index (χ3n) is 9.06. The fraction of sp³-hybridized carbons (Fsp3) is 0.379. The van der Waals surface area contributed by atoms with Gasteiger partial charge in [-0.2, -0.15) is 0 Å². The van der Waals surface area contributed by atoms with Crippen LogP contribution in [0.4, 0.5) is 27.6 Å². The number of hydrogen-bond donors (Lipinski definition) is 1. The van der Waals surface area contributed by atoms with Crippen LogP contribution in [0.2, 0.25) is 0 Å². The average Bonchev–Trinajstić information content (AvgIpc) is 3.31. The Balaban J connectivity index is 1.61. The summed E-state index contributed by atoms with van der Waals surface area (Å²) in [5.41, 5.74) is -1.68. The molecule has 3 fully saturated rings. The van der Waals surface area contributed by atoms with Gasteiger partial charge in [0.15, 0.2) is 33.0 Å². The Morgan fingerprint density at radius 3 is 2.16 bits per heavy atom. The van der Waals surface area contributed by atoms with E-state index in [1.54, 1.807) is 13.0 Å². The van der Waals surface area contributed by atoms with E-state index in [0.717, 1.165) is 4.90 Å². The third-order valence-corrected chi connectivity index (χ3v) is 11.0. The second-order valence-corrected chi connectivity index (χ2v) is 13.4. The number of halogens is 8. The van der Waals surface area contributed by atoms with Crippen LogP contribution < -0.4 is 4.90 Å². The lowest BCUT2D eigenvalue weighted by molar-refractivity contribution is -0.140. The normalized spacial score (nSPS) is 31.3. The lowest BCUT2D eigenvalue weighted by Gasteiger charge is -2.50. The quantitative estimate of drug-likeness (QED) is 0.107. The van der Waals surface area contributed by atoms with E-state index in [2.05, 4.69) is 15.9 Å². The minimum absolute atomic E-state index is 0.0261. The van der Waals surface area contributed by atoms with Crippen LogP contribution in [0.1, 0.15) is 37.7 Å². The zero-order chi connectivity index (χ0) is 32.2. The molecule has 2 aliphatic carbocycles. The van der Waals surface area contributed by atoms with Crippen molar-refractivity contribution in [3.63, 3.8) is 0 Å². The van der Waals surface area contributed by atoms with E-state index in [0.29, 0.717) is 10.9 Å². The van der Waals surface area contributed by atoms with Crippen molar-refractivity contribution in [1.82, 2.24) is 4.90 Å². The number of phenolic OH excluding ortho intramolecular Hbond substituents is 1. The number of benzene rings is 2. The average molecular weight is 722 g/mol. The van der Waals surface area contributed by atoms with Gasteiger partial charge in [0.05, 0.1) is 11.8 Å². The maximum Gasteiger partial charge on any atom is 0.258 e. The van der Waals surface area contributed by atoms with E-state index in [1.807, 2.05) is 0 Å². The number of carbonyl (C=O) groups is 4. The molecule has 6 atom stereocenters. The van der Waals surface area contributed by atoms with Gasteiger partial charge in [-0.3, -0.25) is 24.1 Å². The van der Waals surface area contributed by atoms with Crippen molar-refractivity contribution in [3.05, 3.63) is 69.0 Å². The van der Waals surface area contributed by atoms with Crippen LogP contribution in [0.3, 0.4) is 0 Å². The summed E-state index contributed by atoms with van der Waals surface area (Å²) in [6, 6.07) is 4.05. The fourth-order valence-electron chi connectivity index (χ4n) is 7.18. The number of hydrogen-bond acceptors (Lipinski definition) is 5. The summed E-state index contributed by atoms with van der Waals surface area (Å²) in [7, 11) is 0. The first-order chi connectivity index (χ1) is 20.6. The minimum Gasteiger partial charge on any atom is -0.508 e. The molecule has 2 aromatic rings. The molecule has 15 heteroatoms. The summed E-state index contributed by atoms with van der Waals surface area (Å²) >= 11 is 17.3. The molecule has 44 heavy (non-hydrogen) atoms. The Hall–Kier alpha value is -3.03. The molecule has 0 bridgehead atoms. The summed E-state index contributed by atoms with van der Waals surface area (Å²) in [5.74, 6) is -21.4. The van der Waals surface area contributed by atoms with Crippen LogP contribution in [0.15, 0.2) is 34.3 Å². The topological polar surface area (TPSA) is 95.0 Å². The number of allylic oxidation sites excluding steroid dienone is 2. The smallest absolute Gasteiger partial charge is 0.258 e. The number of carbonyl (C=O) groups excluding carboxylic acids is 4. The van der Waals surface area contributed by atoms with Crippen molar-refractivity contribution in [2.45, 2.75) is 41.9 Å². The number of fused-ring (bicyclic) bond motifs is 4. The number of anilines is 1. The highest BCUT2D eigenvalue weighted by molar-refractivity contribution is 9.10. The molecule has 4 amide bonds. The zero-order valence-corrected chi connectivity index (χ0v) is 25.5. The number of likely N-dealkylation sites (tertiary alicyclic amines) is 1. The van der Waals surface area contributed by atoms with E-state index in [9.17, 15) is 37.5 Å². The molecule has 4 aliphatic rings. The predicted octanol–water partition coefficient (Wildman–Crippen LogP) is 5.82. The summed E-state index contributed by atoms with van der Waals surface area (Å²) < 4.78 is 72.9. The molecule has 2 aliphatic heterocycles. The molecule has 2 aromatic carbocycles. The molecular formula is C29H20BrCl2F5N2O5. The Bertz CT molecular complexity index is 1710. The van der Waals surface area contributed by atoms with Crippen molar-refractivity contribution in [2.75, 3.05) is 11.4 Å². The Morgan fingerprint density at radius 2 is 1.55 bits per heavy atom. The van der Waals surface area contributed by atoms with Gasteiger partial charge in [-0.1, -0.05) is 34.5 Å². The number of rotatable bonds is 4. The summed E-state index contributed by atoms with van der Waals surface area (Å²) in [6.45, 7) is 1.89. The van der Waals surface area contributed by atoms with Crippen LogP contribution >= 0.6 is 39.1 Å². The first kappa shape index (κ1) is 31.0. The van der Waals surface area contributed by atoms with Gasteiger partial charge in [0.1, 0.15) is 11.4 Å². The highest BCUT2D eigenvalue weighted by Crippen LogP contribution is 2.66. The molecule has 0 radical (unpaired) electrons. The lowest BCUT2D eigenvalue weighted by atomic mass is 9.56. The number of nitrogens with zero attached hydrogens (tertiary/aromatic N) is 2. The molecule has 2 heterocycles. The maximum absolute atomic E-state index is 15.0. The Labute approximate surface area is 264 Å². The number of imide groups is 2. The predicted molar refractivity (Wildman–Crippen MR) is 149 cm³/mol. The summed E-state index contributed by atoms with van der Waals surface area (Å²) in [4.78, 5) is 50.6. The van der Waals surface area contributed by atoms with Gasteiger partial charge in [0, 0.05) is 22.5 Å². The van der Waals surface area contributed by atoms with E-state index >= 15 is 8.78 Å². The first-order valence-electron chi connectivity index (χ1n) is 13.4. The van der Waals surface area contributed by atoms with Gasteiger partial charge in [-0.15, -0.1) is 23.2 Å². The van der Waals surface area contributed by atoms with E-state index in [-0.39, 0.29) is 29.0 Å². The fourth-order valence-corrected chi connectivity index (χ4v) is 8.48. The van der Waals surface area contributed by atoms with Crippen LogP contribution in [-0.4, -0.2) is 49.9 Å². The molecule has 232 valence electrons. The molecule has 6 unspecified atom stereocenters. The van der Waals surface area contributed by atoms with Gasteiger partial charge < -0.3 is 5.11 Å². The zero-order valence-electron chi connectivity index (χ0n) is 22.4. The van der Waals surface area contributed by atoms with Gasteiger partial charge >= 0.3 is 0 Å². The minimum atomic E-state index is -2.70. The van der Waals surface area contributed by atoms with Crippen molar-refractivity contribution in [2.24, 2.45) is 17.8 Å².